The van der Waals surface area contributed by atoms with Crippen molar-refractivity contribution in [3.8, 4) is 18.1 Å². The van der Waals surface area contributed by atoms with Gasteiger partial charge in [-0.05, 0) is 75.1 Å². The summed E-state index contributed by atoms with van der Waals surface area (Å²) in [7, 11) is 1.56. The van der Waals surface area contributed by atoms with E-state index in [2.05, 4.69) is 29.2 Å². The molecule has 2 N–H and O–H groups in total. The van der Waals surface area contributed by atoms with Gasteiger partial charge in [0, 0.05) is 23.0 Å². The number of hydrogen-bond acceptors (Lipinski definition) is 6. The minimum atomic E-state index is -0.998. The number of methoxy groups -OCH3 is 1. The smallest absolute Gasteiger partial charge is 0.408 e. The van der Waals surface area contributed by atoms with Crippen LogP contribution >= 0.6 is 12.6 Å². The Morgan fingerprint density at radius 2 is 1.74 bits per heavy atom. The SMILES string of the molecule is C#Cc1ccc(C(C(=O)Nc2ccc(OC)cc2)N(C(=O)C(CS)NC(=O)OC(C)(C)C)C2CC2C)cc1. The zero-order valence-electron chi connectivity index (χ0n) is 22.4. The first-order valence-corrected chi connectivity index (χ1v) is 13.0. The molecule has 0 aromatic heterocycles. The van der Waals surface area contributed by atoms with Crippen LogP contribution in [0.1, 0.15) is 51.3 Å². The Hall–Kier alpha value is -3.64. The number of terminal acetylenes is 1. The molecular weight excluding hydrogens is 502 g/mol. The summed E-state index contributed by atoms with van der Waals surface area (Å²) in [5, 5.41) is 5.55. The summed E-state index contributed by atoms with van der Waals surface area (Å²) < 4.78 is 10.6. The molecule has 0 spiro atoms. The summed E-state index contributed by atoms with van der Waals surface area (Å²) in [4.78, 5) is 41.8. The standard InChI is InChI=1S/C29H35N3O5S/c1-7-19-8-10-20(11-9-19)25(26(33)30-21-12-14-22(36-6)15-13-21)32(24-16-18(24)2)27(34)23(17-38)31-28(35)37-29(3,4)5/h1,8-15,18,23-25,38H,16-17H2,2-6H3,(H,30,33)(H,31,35). The molecule has 3 amide bonds. The summed E-state index contributed by atoms with van der Waals surface area (Å²) in [6.07, 6.45) is 5.53. The first-order chi connectivity index (χ1) is 18.0. The second-order valence-corrected chi connectivity index (χ2v) is 10.7. The number of benzene rings is 2. The second kappa shape index (κ2) is 12.3. The molecule has 9 heteroatoms. The first-order valence-electron chi connectivity index (χ1n) is 12.4. The lowest BCUT2D eigenvalue weighted by Gasteiger charge is -2.34. The molecule has 8 nitrogen and oxygen atoms in total. The van der Waals surface area contributed by atoms with E-state index in [0.29, 0.717) is 22.6 Å². The number of rotatable bonds is 9. The average molecular weight is 538 g/mol. The molecule has 38 heavy (non-hydrogen) atoms. The minimum absolute atomic E-state index is 0.0263. The molecule has 0 bridgehead atoms. The quantitative estimate of drug-likeness (QED) is 0.325. The van der Waals surface area contributed by atoms with Crippen LogP contribution in [0.5, 0.6) is 5.75 Å². The minimum Gasteiger partial charge on any atom is -0.497 e. The van der Waals surface area contributed by atoms with Gasteiger partial charge in [-0.1, -0.05) is 25.0 Å². The number of anilines is 1. The topological polar surface area (TPSA) is 97.0 Å². The van der Waals surface area contributed by atoms with Crippen LogP contribution in [0.4, 0.5) is 10.5 Å². The van der Waals surface area contributed by atoms with Crippen LogP contribution in [0, 0.1) is 18.3 Å². The molecule has 1 saturated carbocycles. The van der Waals surface area contributed by atoms with Crippen molar-refractivity contribution in [1.29, 1.82) is 0 Å². The number of carbonyl (C=O) groups excluding carboxylic acids is 3. The highest BCUT2D eigenvalue weighted by atomic mass is 32.1. The van der Waals surface area contributed by atoms with Gasteiger partial charge in [0.1, 0.15) is 23.4 Å². The Morgan fingerprint density at radius 1 is 1.13 bits per heavy atom. The number of nitrogens with one attached hydrogen (secondary N) is 2. The molecule has 1 aliphatic carbocycles. The Bertz CT molecular complexity index is 1180. The predicted molar refractivity (Wildman–Crippen MR) is 150 cm³/mol. The van der Waals surface area contributed by atoms with E-state index >= 15 is 0 Å². The number of ether oxygens (including phenoxy) is 2. The zero-order chi connectivity index (χ0) is 28.0. The van der Waals surface area contributed by atoms with Gasteiger partial charge in [0.15, 0.2) is 0 Å². The van der Waals surface area contributed by atoms with Gasteiger partial charge in [-0.2, -0.15) is 12.6 Å². The Kier molecular flexibility index (Phi) is 9.34. The Balaban J connectivity index is 1.97. The number of hydrogen-bond donors (Lipinski definition) is 3. The van der Waals surface area contributed by atoms with Crippen LogP contribution in [0.2, 0.25) is 0 Å². The lowest BCUT2D eigenvalue weighted by molar-refractivity contribution is -0.141. The number of carbonyl (C=O) groups is 3. The van der Waals surface area contributed by atoms with Crippen molar-refractivity contribution < 1.29 is 23.9 Å². The highest BCUT2D eigenvalue weighted by Gasteiger charge is 2.48. The Morgan fingerprint density at radius 3 is 2.21 bits per heavy atom. The highest BCUT2D eigenvalue weighted by Crippen LogP contribution is 2.41. The fourth-order valence-corrected chi connectivity index (χ4v) is 4.32. The average Bonchev–Trinajstić information content (AvgIpc) is 3.60. The van der Waals surface area contributed by atoms with Crippen molar-refractivity contribution in [2.24, 2.45) is 5.92 Å². The third kappa shape index (κ3) is 7.45. The van der Waals surface area contributed by atoms with E-state index in [-0.39, 0.29) is 17.7 Å². The fourth-order valence-electron chi connectivity index (χ4n) is 4.07. The van der Waals surface area contributed by atoms with Crippen LogP contribution in [0.15, 0.2) is 48.5 Å². The Labute approximate surface area is 229 Å². The molecular formula is C29H35N3O5S. The van der Waals surface area contributed by atoms with E-state index in [1.54, 1.807) is 81.3 Å². The summed E-state index contributed by atoms with van der Waals surface area (Å²) in [6.45, 7) is 7.23. The van der Waals surface area contributed by atoms with Crippen LogP contribution in [0.3, 0.4) is 0 Å². The van der Waals surface area contributed by atoms with Gasteiger partial charge in [-0.25, -0.2) is 4.79 Å². The van der Waals surface area contributed by atoms with Crippen molar-refractivity contribution in [2.75, 3.05) is 18.2 Å². The third-order valence-corrected chi connectivity index (χ3v) is 6.49. The van der Waals surface area contributed by atoms with Crippen molar-refractivity contribution in [2.45, 2.75) is 57.8 Å². The summed E-state index contributed by atoms with van der Waals surface area (Å²) in [5.41, 5.74) is 1.06. The summed E-state index contributed by atoms with van der Waals surface area (Å²) in [5.74, 6) is 2.61. The second-order valence-electron chi connectivity index (χ2n) is 10.3. The van der Waals surface area contributed by atoms with Gasteiger partial charge in [-0.3, -0.25) is 9.59 Å². The van der Waals surface area contributed by atoms with Crippen molar-refractivity contribution in [3.05, 3.63) is 59.7 Å². The molecule has 0 saturated heterocycles. The number of alkyl carbamates (subject to hydrolysis) is 1. The predicted octanol–water partition coefficient (Wildman–Crippen LogP) is 4.42. The monoisotopic (exact) mass is 537 g/mol. The molecule has 1 aliphatic rings. The van der Waals surface area contributed by atoms with E-state index in [4.69, 9.17) is 15.9 Å². The molecule has 3 rings (SSSR count). The van der Waals surface area contributed by atoms with E-state index in [1.165, 1.54) is 0 Å². The van der Waals surface area contributed by atoms with Gasteiger partial charge in [0.2, 0.25) is 5.91 Å². The molecule has 4 atom stereocenters. The molecule has 0 radical (unpaired) electrons. The molecule has 0 aliphatic heterocycles. The molecule has 202 valence electrons. The number of thiol groups is 1. The lowest BCUT2D eigenvalue weighted by atomic mass is 10.0. The van der Waals surface area contributed by atoms with Crippen LogP contribution in [-0.2, 0) is 14.3 Å². The van der Waals surface area contributed by atoms with Crippen LogP contribution < -0.4 is 15.4 Å². The van der Waals surface area contributed by atoms with Crippen molar-refractivity contribution in [1.82, 2.24) is 10.2 Å². The largest absolute Gasteiger partial charge is 0.497 e. The zero-order valence-corrected chi connectivity index (χ0v) is 23.2. The number of amides is 3. The number of nitrogens with zero attached hydrogens (tertiary/aromatic N) is 1. The van der Waals surface area contributed by atoms with Gasteiger partial charge >= 0.3 is 6.09 Å². The summed E-state index contributed by atoms with van der Waals surface area (Å²) in [6, 6.07) is 11.7. The van der Waals surface area contributed by atoms with Gasteiger partial charge in [0.05, 0.1) is 7.11 Å². The lowest BCUT2D eigenvalue weighted by Crippen LogP contribution is -2.54. The highest BCUT2D eigenvalue weighted by molar-refractivity contribution is 7.80. The molecule has 1 fully saturated rings. The maximum Gasteiger partial charge on any atom is 0.408 e. The van der Waals surface area contributed by atoms with E-state index in [9.17, 15) is 14.4 Å². The van der Waals surface area contributed by atoms with Gasteiger partial charge in [0.25, 0.3) is 5.91 Å². The fraction of sp³-hybridized carbons (Fsp3) is 0.414. The first kappa shape index (κ1) is 28.9. The maximum atomic E-state index is 14.0. The van der Waals surface area contributed by atoms with Crippen molar-refractivity contribution >= 4 is 36.2 Å². The maximum absolute atomic E-state index is 14.0. The van der Waals surface area contributed by atoms with E-state index in [0.717, 1.165) is 6.42 Å². The molecule has 4 unspecified atom stereocenters. The third-order valence-electron chi connectivity index (χ3n) is 6.13. The van der Waals surface area contributed by atoms with Gasteiger partial charge < -0.3 is 25.0 Å². The van der Waals surface area contributed by atoms with Crippen LogP contribution in [0.25, 0.3) is 0 Å². The van der Waals surface area contributed by atoms with Gasteiger partial charge in [-0.15, -0.1) is 6.42 Å². The van der Waals surface area contributed by atoms with Crippen molar-refractivity contribution in [3.63, 3.8) is 0 Å². The van der Waals surface area contributed by atoms with Crippen LogP contribution in [-0.4, -0.2) is 53.4 Å². The molecule has 2 aromatic rings. The summed E-state index contributed by atoms with van der Waals surface area (Å²) >= 11 is 4.33. The molecule has 2 aromatic carbocycles. The van der Waals surface area contributed by atoms with E-state index in [1.807, 2.05) is 6.92 Å². The molecule has 0 heterocycles. The van der Waals surface area contributed by atoms with E-state index < -0.39 is 35.6 Å². The normalized spacial score (nSPS) is 17.8.